The standard InChI is InChI=1S/C25H35F2N3O4S/c1-16(31)30-24(18-8-12-21(34-2)13-9-18)15-23(28-30)17-6-10-20(11-7-17)29-35(32,33)25-14-19(26)4-3-5-22(25)27/h3-5,14,17-18,20-21,24-25,29H,6-13,15H2,1-2H3. The van der Waals surface area contributed by atoms with Crippen molar-refractivity contribution in [1.29, 1.82) is 0 Å². The third kappa shape index (κ3) is 6.09. The summed E-state index contributed by atoms with van der Waals surface area (Å²) in [6, 6.07) is -0.264. The first-order valence-corrected chi connectivity index (χ1v) is 14.0. The molecule has 1 N–H and O–H groups in total. The molecule has 3 aliphatic carbocycles. The van der Waals surface area contributed by atoms with Crippen LogP contribution in [0.25, 0.3) is 0 Å². The van der Waals surface area contributed by atoms with E-state index in [-0.39, 0.29) is 23.9 Å². The molecule has 0 radical (unpaired) electrons. The van der Waals surface area contributed by atoms with Crippen LogP contribution < -0.4 is 4.72 Å². The number of hydrazone groups is 1. The van der Waals surface area contributed by atoms with Crippen LogP contribution in [-0.4, -0.2) is 55.6 Å². The Morgan fingerprint density at radius 1 is 1.11 bits per heavy atom. The van der Waals surface area contributed by atoms with Crippen molar-refractivity contribution in [3.8, 4) is 0 Å². The van der Waals surface area contributed by atoms with E-state index < -0.39 is 26.9 Å². The minimum absolute atomic E-state index is 0.0476. The molecule has 1 heterocycles. The fraction of sp³-hybridized carbons (Fsp3) is 0.680. The first-order chi connectivity index (χ1) is 16.7. The summed E-state index contributed by atoms with van der Waals surface area (Å²) in [5, 5.41) is 4.72. The summed E-state index contributed by atoms with van der Waals surface area (Å²) in [5.41, 5.74) is 1.02. The van der Waals surface area contributed by atoms with E-state index in [1.54, 1.807) is 19.0 Å². The molecule has 0 spiro atoms. The number of sulfonamides is 1. The van der Waals surface area contributed by atoms with Gasteiger partial charge in [-0.25, -0.2) is 26.9 Å². The Hall–Kier alpha value is -1.91. The molecule has 2 fully saturated rings. The molecule has 35 heavy (non-hydrogen) atoms. The maximum absolute atomic E-state index is 14.3. The highest BCUT2D eigenvalue weighted by atomic mass is 32.2. The number of carbonyl (C=O) groups excluding carboxylic acids is 1. The number of hydrogen-bond acceptors (Lipinski definition) is 5. The first-order valence-electron chi connectivity index (χ1n) is 12.5. The maximum Gasteiger partial charge on any atom is 0.239 e. The number of halogens is 2. The third-order valence-electron chi connectivity index (χ3n) is 7.84. The number of ether oxygens (including phenoxy) is 1. The Morgan fingerprint density at radius 3 is 2.43 bits per heavy atom. The lowest BCUT2D eigenvalue weighted by Gasteiger charge is -2.34. The number of rotatable bonds is 6. The molecule has 4 rings (SSSR count). The molecule has 4 aliphatic rings. The molecule has 2 saturated carbocycles. The molecule has 1 aliphatic heterocycles. The summed E-state index contributed by atoms with van der Waals surface area (Å²) < 4.78 is 61.6. The van der Waals surface area contributed by atoms with Crippen molar-refractivity contribution in [2.24, 2.45) is 16.9 Å². The van der Waals surface area contributed by atoms with Gasteiger partial charge in [-0.15, -0.1) is 0 Å². The molecule has 10 heteroatoms. The van der Waals surface area contributed by atoms with Gasteiger partial charge in [0.15, 0.2) is 0 Å². The quantitative estimate of drug-likeness (QED) is 0.576. The number of methoxy groups -OCH3 is 1. The van der Waals surface area contributed by atoms with Crippen molar-refractivity contribution >= 4 is 21.6 Å². The van der Waals surface area contributed by atoms with E-state index in [1.165, 1.54) is 0 Å². The Labute approximate surface area is 206 Å². The molecule has 0 aromatic rings. The highest BCUT2D eigenvalue weighted by Gasteiger charge is 2.40. The zero-order valence-corrected chi connectivity index (χ0v) is 21.1. The van der Waals surface area contributed by atoms with Crippen LogP contribution in [0, 0.1) is 11.8 Å². The molecule has 0 bridgehead atoms. The molecular formula is C25H35F2N3O4S. The predicted molar refractivity (Wildman–Crippen MR) is 130 cm³/mol. The van der Waals surface area contributed by atoms with Gasteiger partial charge >= 0.3 is 0 Å². The Morgan fingerprint density at radius 2 is 1.80 bits per heavy atom. The highest BCUT2D eigenvalue weighted by Crippen LogP contribution is 2.38. The SMILES string of the molecule is COC1CCC(C2CC(C3CCC(NS(=O)(=O)C4C=C(F)C=CC=C4F)CC3)=NN2C(C)=O)CC1. The minimum Gasteiger partial charge on any atom is -0.381 e. The largest absolute Gasteiger partial charge is 0.381 e. The smallest absolute Gasteiger partial charge is 0.239 e. The summed E-state index contributed by atoms with van der Waals surface area (Å²) in [4.78, 5) is 12.3. The van der Waals surface area contributed by atoms with Crippen molar-refractivity contribution in [1.82, 2.24) is 9.73 Å². The molecular weight excluding hydrogens is 476 g/mol. The molecule has 194 valence electrons. The maximum atomic E-state index is 14.3. The fourth-order valence-corrected chi connectivity index (χ4v) is 7.41. The average Bonchev–Trinajstić information content (AvgIpc) is 3.20. The van der Waals surface area contributed by atoms with E-state index in [1.807, 2.05) is 0 Å². The van der Waals surface area contributed by atoms with Crippen LogP contribution in [0.4, 0.5) is 8.78 Å². The van der Waals surface area contributed by atoms with Crippen molar-refractivity contribution in [3.63, 3.8) is 0 Å². The summed E-state index contributed by atoms with van der Waals surface area (Å²) >= 11 is 0. The van der Waals surface area contributed by atoms with E-state index in [9.17, 15) is 22.0 Å². The molecule has 0 saturated heterocycles. The normalized spacial score (nSPS) is 34.2. The number of amides is 1. The van der Waals surface area contributed by atoms with Crippen molar-refractivity contribution < 1.29 is 26.7 Å². The molecule has 1 amide bonds. The van der Waals surface area contributed by atoms with Gasteiger partial charge in [0.2, 0.25) is 15.9 Å². The van der Waals surface area contributed by atoms with Gasteiger partial charge in [-0.2, -0.15) is 5.10 Å². The van der Waals surface area contributed by atoms with Gasteiger partial charge in [-0.3, -0.25) is 4.79 Å². The van der Waals surface area contributed by atoms with Crippen LogP contribution in [0.1, 0.15) is 64.7 Å². The monoisotopic (exact) mass is 511 g/mol. The van der Waals surface area contributed by atoms with Crippen LogP contribution in [0.5, 0.6) is 0 Å². The summed E-state index contributed by atoms with van der Waals surface area (Å²) in [6.45, 7) is 1.56. The topological polar surface area (TPSA) is 88.1 Å². The van der Waals surface area contributed by atoms with Crippen LogP contribution in [0.2, 0.25) is 0 Å². The zero-order chi connectivity index (χ0) is 25.2. The van der Waals surface area contributed by atoms with Crippen molar-refractivity contribution in [2.75, 3.05) is 7.11 Å². The predicted octanol–water partition coefficient (Wildman–Crippen LogP) is 4.29. The van der Waals surface area contributed by atoms with E-state index in [4.69, 9.17) is 9.84 Å². The van der Waals surface area contributed by atoms with Crippen LogP contribution in [0.15, 0.2) is 41.1 Å². The van der Waals surface area contributed by atoms with Gasteiger partial charge in [0.1, 0.15) is 16.9 Å². The number of nitrogens with one attached hydrogen (secondary N) is 1. The number of hydrogen-bond donors (Lipinski definition) is 1. The number of nitrogens with zero attached hydrogens (tertiary/aromatic N) is 2. The van der Waals surface area contributed by atoms with Gasteiger partial charge in [-0.05, 0) is 81.4 Å². The summed E-state index contributed by atoms with van der Waals surface area (Å²) in [7, 11) is -2.37. The van der Waals surface area contributed by atoms with E-state index >= 15 is 0 Å². The zero-order valence-electron chi connectivity index (χ0n) is 20.3. The lowest BCUT2D eigenvalue weighted by atomic mass is 9.77. The summed E-state index contributed by atoms with van der Waals surface area (Å²) in [5.74, 6) is -1.15. The Bertz CT molecular complexity index is 1020. The average molecular weight is 512 g/mol. The second-order valence-corrected chi connectivity index (χ2v) is 11.9. The van der Waals surface area contributed by atoms with Gasteiger partial charge < -0.3 is 4.74 Å². The van der Waals surface area contributed by atoms with E-state index in [2.05, 4.69) is 4.72 Å². The van der Waals surface area contributed by atoms with Gasteiger partial charge in [0.05, 0.1) is 12.1 Å². The van der Waals surface area contributed by atoms with Crippen molar-refractivity contribution in [3.05, 3.63) is 36.0 Å². The lowest BCUT2D eigenvalue weighted by Crippen LogP contribution is -2.43. The lowest BCUT2D eigenvalue weighted by molar-refractivity contribution is -0.131. The third-order valence-corrected chi connectivity index (χ3v) is 9.54. The summed E-state index contributed by atoms with van der Waals surface area (Å²) in [6.07, 6.45) is 11.6. The highest BCUT2D eigenvalue weighted by molar-refractivity contribution is 7.90. The van der Waals surface area contributed by atoms with Gasteiger partial charge in [0, 0.05) is 32.2 Å². The van der Waals surface area contributed by atoms with Gasteiger partial charge in [0.25, 0.3) is 0 Å². The molecule has 0 aromatic heterocycles. The molecule has 7 nitrogen and oxygen atoms in total. The van der Waals surface area contributed by atoms with Crippen molar-refractivity contribution in [2.45, 2.75) is 88.1 Å². The molecule has 0 aromatic carbocycles. The first kappa shape index (κ1) is 26.2. The second kappa shape index (κ2) is 11.0. The van der Waals surface area contributed by atoms with Crippen LogP contribution >= 0.6 is 0 Å². The molecule has 2 atom stereocenters. The number of allylic oxidation sites excluding steroid dienone is 4. The van der Waals surface area contributed by atoms with E-state index in [0.717, 1.165) is 75.0 Å². The number of carbonyl (C=O) groups is 1. The van der Waals surface area contributed by atoms with Crippen LogP contribution in [-0.2, 0) is 19.6 Å². The molecule has 2 unspecified atom stereocenters. The minimum atomic E-state index is -4.12. The Kier molecular flexibility index (Phi) is 8.23. The van der Waals surface area contributed by atoms with Crippen LogP contribution in [0.3, 0.4) is 0 Å². The second-order valence-electron chi connectivity index (χ2n) is 10.1. The fourth-order valence-electron chi connectivity index (χ4n) is 5.88. The van der Waals surface area contributed by atoms with E-state index in [0.29, 0.717) is 24.9 Å². The van der Waals surface area contributed by atoms with Gasteiger partial charge in [-0.1, -0.05) is 6.08 Å². The Balaban J connectivity index is 1.35.